The average molecular weight is 561 g/mol. The van der Waals surface area contributed by atoms with Crippen LogP contribution >= 0.6 is 0 Å². The molecule has 8 aromatic carbocycles. The summed E-state index contributed by atoms with van der Waals surface area (Å²) in [6.07, 6.45) is 0. The first-order chi connectivity index (χ1) is 21.8. The first kappa shape index (κ1) is 24.7. The maximum absolute atomic E-state index is 2.44. The van der Waals surface area contributed by atoms with Gasteiger partial charge in [0, 0.05) is 33.2 Å². The van der Waals surface area contributed by atoms with Gasteiger partial charge in [-0.15, -0.1) is 0 Å². The van der Waals surface area contributed by atoms with E-state index in [9.17, 15) is 0 Å². The Bertz CT molecular complexity index is 2490. The summed E-state index contributed by atoms with van der Waals surface area (Å²) in [4.78, 5) is 2.44. The normalized spacial score (nSPS) is 11.6. The molecule has 9 aromatic rings. The highest BCUT2D eigenvalue weighted by molar-refractivity contribution is 6.24. The lowest BCUT2D eigenvalue weighted by Crippen LogP contribution is -2.10. The van der Waals surface area contributed by atoms with Gasteiger partial charge in [0.2, 0.25) is 0 Å². The summed E-state index contributed by atoms with van der Waals surface area (Å²) < 4.78 is 2.38. The minimum Gasteiger partial charge on any atom is -0.310 e. The molecule has 0 aliphatic heterocycles. The monoisotopic (exact) mass is 560 g/mol. The van der Waals surface area contributed by atoms with Gasteiger partial charge in [0.25, 0.3) is 0 Å². The van der Waals surface area contributed by atoms with Crippen LogP contribution in [0, 0.1) is 0 Å². The second-order valence-electron chi connectivity index (χ2n) is 11.4. The molecule has 0 fully saturated rings. The Balaban J connectivity index is 1.39. The number of benzene rings is 8. The molecular formula is C42H28N2. The molecule has 0 radical (unpaired) electrons. The lowest BCUT2D eigenvalue weighted by molar-refractivity contribution is 1.18. The van der Waals surface area contributed by atoms with Crippen molar-refractivity contribution in [2.75, 3.05) is 4.90 Å². The Labute approximate surface area is 255 Å². The molecule has 0 aliphatic carbocycles. The van der Waals surface area contributed by atoms with Crippen LogP contribution < -0.4 is 4.90 Å². The van der Waals surface area contributed by atoms with Crippen molar-refractivity contribution in [2.24, 2.45) is 0 Å². The van der Waals surface area contributed by atoms with Gasteiger partial charge in [0.15, 0.2) is 0 Å². The van der Waals surface area contributed by atoms with Crippen LogP contribution in [-0.4, -0.2) is 4.57 Å². The molecule has 44 heavy (non-hydrogen) atoms. The Morgan fingerprint density at radius 1 is 0.364 bits per heavy atom. The van der Waals surface area contributed by atoms with Gasteiger partial charge in [-0.25, -0.2) is 0 Å². The predicted octanol–water partition coefficient (Wildman–Crippen LogP) is 11.7. The summed E-state index contributed by atoms with van der Waals surface area (Å²) >= 11 is 0. The van der Waals surface area contributed by atoms with E-state index < -0.39 is 0 Å². The fraction of sp³-hybridized carbons (Fsp3) is 0. The molecule has 9 rings (SSSR count). The minimum absolute atomic E-state index is 1.13. The maximum Gasteiger partial charge on any atom is 0.0552 e. The second kappa shape index (κ2) is 9.86. The molecule has 0 N–H and O–H groups in total. The van der Waals surface area contributed by atoms with Gasteiger partial charge in [0.05, 0.1) is 16.7 Å². The summed E-state index contributed by atoms with van der Waals surface area (Å²) in [6, 6.07) is 61.5. The number of nitrogens with zero attached hydrogens (tertiary/aromatic N) is 2. The molecule has 0 saturated carbocycles. The summed E-state index contributed by atoms with van der Waals surface area (Å²) in [5, 5.41) is 10.0. The molecule has 2 nitrogen and oxygen atoms in total. The van der Waals surface area contributed by atoms with Crippen LogP contribution in [0.15, 0.2) is 170 Å². The first-order valence-corrected chi connectivity index (χ1v) is 15.1. The van der Waals surface area contributed by atoms with E-state index >= 15 is 0 Å². The fourth-order valence-electron chi connectivity index (χ4n) is 7.00. The van der Waals surface area contributed by atoms with Gasteiger partial charge in [-0.3, -0.25) is 0 Å². The third kappa shape index (κ3) is 3.75. The molecule has 0 spiro atoms. The zero-order valence-corrected chi connectivity index (χ0v) is 24.1. The van der Waals surface area contributed by atoms with Gasteiger partial charge in [-0.2, -0.15) is 0 Å². The zero-order valence-electron chi connectivity index (χ0n) is 24.1. The van der Waals surface area contributed by atoms with E-state index in [1.165, 1.54) is 65.5 Å². The highest BCUT2D eigenvalue weighted by Crippen LogP contribution is 2.45. The van der Waals surface area contributed by atoms with Crippen molar-refractivity contribution in [2.45, 2.75) is 0 Å². The highest BCUT2D eigenvalue weighted by Gasteiger charge is 2.21. The lowest BCUT2D eigenvalue weighted by Gasteiger charge is -2.28. The summed E-state index contributed by atoms with van der Waals surface area (Å²) in [6.45, 7) is 0. The number of para-hydroxylation sites is 3. The Morgan fingerprint density at radius 2 is 1.00 bits per heavy atom. The van der Waals surface area contributed by atoms with E-state index in [1.54, 1.807) is 0 Å². The fourth-order valence-corrected chi connectivity index (χ4v) is 7.00. The summed E-state index contributed by atoms with van der Waals surface area (Å²) in [5.74, 6) is 0. The molecule has 0 amide bonds. The Kier molecular flexibility index (Phi) is 5.54. The molecule has 0 unspecified atom stereocenters. The predicted molar refractivity (Wildman–Crippen MR) is 188 cm³/mol. The van der Waals surface area contributed by atoms with Gasteiger partial charge < -0.3 is 9.47 Å². The van der Waals surface area contributed by atoms with Crippen LogP contribution in [0.1, 0.15) is 0 Å². The van der Waals surface area contributed by atoms with E-state index in [0.29, 0.717) is 0 Å². The van der Waals surface area contributed by atoms with Crippen LogP contribution in [0.2, 0.25) is 0 Å². The van der Waals surface area contributed by atoms with Gasteiger partial charge in [-0.05, 0) is 81.5 Å². The van der Waals surface area contributed by atoms with E-state index in [4.69, 9.17) is 0 Å². The number of aromatic nitrogens is 1. The molecule has 2 heteroatoms. The van der Waals surface area contributed by atoms with Gasteiger partial charge in [0.1, 0.15) is 0 Å². The molecule has 0 saturated heterocycles. The molecule has 0 bridgehead atoms. The molecule has 206 valence electrons. The van der Waals surface area contributed by atoms with Crippen LogP contribution in [0.25, 0.3) is 59.8 Å². The van der Waals surface area contributed by atoms with Crippen molar-refractivity contribution in [3.8, 4) is 5.69 Å². The Hall–Kier alpha value is -5.86. The standard InChI is InChI=1S/C42H28N2/c1-3-15-31(16-4-1)43(41-27-30-14-8-9-19-34(30)37-25-23-29-13-7-10-20-35(29)42(37)41)33-24-26-40-38(28-33)36-21-11-12-22-39(36)44(40)32-17-5-2-6-18-32/h1-28H. The van der Waals surface area contributed by atoms with Crippen molar-refractivity contribution in [3.05, 3.63) is 170 Å². The molecule has 0 aliphatic rings. The largest absolute Gasteiger partial charge is 0.310 e. The SMILES string of the molecule is c1ccc(N(c2ccc3c(c2)c2ccccc2n3-c2ccccc2)c2cc3ccccc3c3ccc4ccccc4c23)cc1. The number of rotatable bonds is 4. The van der Waals surface area contributed by atoms with Crippen LogP contribution in [0.5, 0.6) is 0 Å². The van der Waals surface area contributed by atoms with E-state index in [-0.39, 0.29) is 0 Å². The van der Waals surface area contributed by atoms with Crippen LogP contribution in [-0.2, 0) is 0 Å². The molecule has 1 aromatic heterocycles. The quantitative estimate of drug-likeness (QED) is 0.194. The topological polar surface area (TPSA) is 8.17 Å². The van der Waals surface area contributed by atoms with Gasteiger partial charge >= 0.3 is 0 Å². The van der Waals surface area contributed by atoms with Crippen molar-refractivity contribution in [1.82, 2.24) is 4.57 Å². The lowest BCUT2D eigenvalue weighted by atomic mass is 9.94. The minimum atomic E-state index is 1.13. The summed E-state index contributed by atoms with van der Waals surface area (Å²) in [7, 11) is 0. The smallest absolute Gasteiger partial charge is 0.0552 e. The van der Waals surface area contributed by atoms with Gasteiger partial charge in [-0.1, -0.05) is 115 Å². The number of hydrogen-bond acceptors (Lipinski definition) is 1. The Morgan fingerprint density at radius 3 is 1.82 bits per heavy atom. The van der Waals surface area contributed by atoms with Crippen molar-refractivity contribution in [1.29, 1.82) is 0 Å². The van der Waals surface area contributed by atoms with Crippen molar-refractivity contribution < 1.29 is 0 Å². The van der Waals surface area contributed by atoms with Crippen molar-refractivity contribution >= 4 is 71.2 Å². The van der Waals surface area contributed by atoms with Crippen LogP contribution in [0.4, 0.5) is 17.1 Å². The number of anilines is 3. The maximum atomic E-state index is 2.44. The van der Waals surface area contributed by atoms with Crippen molar-refractivity contribution in [3.63, 3.8) is 0 Å². The van der Waals surface area contributed by atoms with E-state index in [2.05, 4.69) is 179 Å². The second-order valence-corrected chi connectivity index (χ2v) is 11.4. The third-order valence-electron chi connectivity index (χ3n) is 8.91. The highest BCUT2D eigenvalue weighted by atomic mass is 15.1. The molecular weight excluding hydrogens is 532 g/mol. The molecule has 1 heterocycles. The first-order valence-electron chi connectivity index (χ1n) is 15.1. The number of fused-ring (bicyclic) bond motifs is 8. The average Bonchev–Trinajstić information content (AvgIpc) is 3.43. The van der Waals surface area contributed by atoms with E-state index in [0.717, 1.165) is 11.4 Å². The molecule has 0 atom stereocenters. The van der Waals surface area contributed by atoms with Crippen LogP contribution in [0.3, 0.4) is 0 Å². The third-order valence-corrected chi connectivity index (χ3v) is 8.91. The zero-order chi connectivity index (χ0) is 29.0. The van der Waals surface area contributed by atoms with E-state index in [1.807, 2.05) is 0 Å². The number of hydrogen-bond donors (Lipinski definition) is 0. The summed E-state index contributed by atoms with van der Waals surface area (Å²) in [5.41, 5.74) is 7.00.